The van der Waals surface area contributed by atoms with Crippen LogP contribution in [0, 0.1) is 6.92 Å². The minimum atomic E-state index is -0.0828. The number of hydrogen-bond donors (Lipinski definition) is 3. The average molecular weight is 469 g/mol. The molecule has 1 aromatic carbocycles. The van der Waals surface area contributed by atoms with E-state index >= 15 is 0 Å². The molecule has 9 heteroatoms. The van der Waals surface area contributed by atoms with Gasteiger partial charge < -0.3 is 35.2 Å². The van der Waals surface area contributed by atoms with Gasteiger partial charge in [0.2, 0.25) is 0 Å². The van der Waals surface area contributed by atoms with E-state index in [1.54, 1.807) is 14.2 Å². The van der Waals surface area contributed by atoms with E-state index in [1.807, 2.05) is 30.0 Å². The lowest BCUT2D eigenvalue weighted by Crippen LogP contribution is -2.50. The molecule has 9 nitrogen and oxygen atoms in total. The minimum Gasteiger partial charge on any atom is -0.497 e. The molecule has 3 heterocycles. The average Bonchev–Trinajstić information content (AvgIpc) is 2.89. The number of methoxy groups -OCH3 is 2. The van der Waals surface area contributed by atoms with Crippen LogP contribution in [0.3, 0.4) is 0 Å². The number of pyridine rings is 1. The molecule has 2 amide bonds. The zero-order chi connectivity index (χ0) is 24.1. The molecule has 2 saturated heterocycles. The molecular weight excluding hydrogens is 432 g/mol. The van der Waals surface area contributed by atoms with Gasteiger partial charge in [0.15, 0.2) is 0 Å². The van der Waals surface area contributed by atoms with Crippen LogP contribution in [0.4, 0.5) is 16.2 Å². The minimum absolute atomic E-state index is 0.0774. The summed E-state index contributed by atoms with van der Waals surface area (Å²) in [6, 6.07) is 7.95. The summed E-state index contributed by atoms with van der Waals surface area (Å²) in [5.41, 5.74) is 4.90. The van der Waals surface area contributed by atoms with Crippen molar-refractivity contribution in [1.29, 1.82) is 0 Å². The maximum Gasteiger partial charge on any atom is 0.322 e. The maximum atomic E-state index is 13.2. The van der Waals surface area contributed by atoms with Gasteiger partial charge in [0.1, 0.15) is 11.5 Å². The highest BCUT2D eigenvalue weighted by molar-refractivity contribution is 5.90. The predicted octanol–water partition coefficient (Wildman–Crippen LogP) is 2.56. The molecule has 184 valence electrons. The lowest BCUT2D eigenvalue weighted by molar-refractivity contribution is 0.208. The Labute approximate surface area is 201 Å². The van der Waals surface area contributed by atoms with Gasteiger partial charge in [-0.05, 0) is 25.0 Å². The third-order valence-electron chi connectivity index (χ3n) is 6.61. The van der Waals surface area contributed by atoms with E-state index < -0.39 is 0 Å². The molecule has 2 aliphatic heterocycles. The molecule has 3 N–H and O–H groups in total. The molecule has 2 fully saturated rings. The predicted molar refractivity (Wildman–Crippen MR) is 134 cm³/mol. The van der Waals surface area contributed by atoms with Crippen LogP contribution in [0.2, 0.25) is 0 Å². The van der Waals surface area contributed by atoms with Crippen molar-refractivity contribution in [3.05, 3.63) is 41.2 Å². The van der Waals surface area contributed by atoms with Gasteiger partial charge in [0.05, 0.1) is 31.6 Å². The van der Waals surface area contributed by atoms with Crippen LogP contribution >= 0.6 is 0 Å². The number of aryl methyl sites for hydroxylation is 2. The van der Waals surface area contributed by atoms with Crippen molar-refractivity contribution in [2.75, 3.05) is 70.2 Å². The van der Waals surface area contributed by atoms with Gasteiger partial charge in [-0.1, -0.05) is 6.92 Å². The van der Waals surface area contributed by atoms with Gasteiger partial charge in [-0.2, -0.15) is 0 Å². The number of ether oxygens (including phenoxy) is 2. The number of carbonyl (C=O) groups is 1. The van der Waals surface area contributed by atoms with Gasteiger partial charge >= 0.3 is 6.03 Å². The lowest BCUT2D eigenvalue weighted by atomic mass is 10.0. The van der Waals surface area contributed by atoms with Gasteiger partial charge in [-0.15, -0.1) is 0 Å². The van der Waals surface area contributed by atoms with Crippen molar-refractivity contribution >= 4 is 17.4 Å². The zero-order valence-corrected chi connectivity index (χ0v) is 20.6. The summed E-state index contributed by atoms with van der Waals surface area (Å²) in [6.45, 7) is 9.49. The number of nitrogens with one attached hydrogen (secondary N) is 3. The lowest BCUT2D eigenvalue weighted by Gasteiger charge is -2.36. The number of aromatic nitrogens is 1. The van der Waals surface area contributed by atoms with Crippen molar-refractivity contribution in [3.8, 4) is 11.5 Å². The normalized spacial score (nSPS) is 18.5. The quantitative estimate of drug-likeness (QED) is 0.600. The van der Waals surface area contributed by atoms with E-state index in [0.29, 0.717) is 13.1 Å². The second-order valence-electron chi connectivity index (χ2n) is 8.71. The van der Waals surface area contributed by atoms with Gasteiger partial charge in [-0.3, -0.25) is 4.98 Å². The molecular formula is C25H36N6O3. The zero-order valence-electron chi connectivity index (χ0n) is 20.6. The first-order valence-electron chi connectivity index (χ1n) is 12.0. The highest BCUT2D eigenvalue weighted by Gasteiger charge is 2.25. The van der Waals surface area contributed by atoms with Crippen LogP contribution in [0.15, 0.2) is 24.3 Å². The Hall–Kier alpha value is -3.04. The first-order chi connectivity index (χ1) is 16.5. The SMILES string of the molecule is CCc1cc(NC(=O)N2CCN(c3cc(OC)cc(OC)c3)CC2)c(C2CNCCN2)nc1C. The number of nitrogens with zero attached hydrogens (tertiary/aromatic N) is 3. The van der Waals surface area contributed by atoms with Crippen molar-refractivity contribution in [2.24, 2.45) is 0 Å². The van der Waals surface area contributed by atoms with Crippen molar-refractivity contribution in [2.45, 2.75) is 26.3 Å². The fourth-order valence-electron chi connectivity index (χ4n) is 4.57. The number of carbonyl (C=O) groups excluding carboxylic acids is 1. The van der Waals surface area contributed by atoms with Crippen molar-refractivity contribution in [1.82, 2.24) is 20.5 Å². The van der Waals surface area contributed by atoms with E-state index in [-0.39, 0.29) is 12.1 Å². The van der Waals surface area contributed by atoms with Crippen LogP contribution in [0.25, 0.3) is 0 Å². The molecule has 4 rings (SSSR count). The van der Waals surface area contributed by atoms with Crippen LogP contribution in [-0.2, 0) is 6.42 Å². The molecule has 1 unspecified atom stereocenters. The van der Waals surface area contributed by atoms with Gasteiger partial charge in [-0.25, -0.2) is 4.79 Å². The monoisotopic (exact) mass is 468 g/mol. The summed E-state index contributed by atoms with van der Waals surface area (Å²) in [7, 11) is 3.30. The summed E-state index contributed by atoms with van der Waals surface area (Å²) in [4.78, 5) is 22.2. The number of anilines is 2. The van der Waals surface area contributed by atoms with E-state index in [2.05, 4.69) is 33.8 Å². The first-order valence-corrected chi connectivity index (χ1v) is 12.0. The van der Waals surface area contributed by atoms with E-state index in [1.165, 1.54) is 0 Å². The fraction of sp³-hybridized carbons (Fsp3) is 0.520. The molecule has 0 radical (unpaired) electrons. The Morgan fingerprint density at radius 3 is 2.38 bits per heavy atom. The number of benzene rings is 1. The highest BCUT2D eigenvalue weighted by atomic mass is 16.5. The Kier molecular flexibility index (Phi) is 7.74. The standard InChI is InChI=1S/C25H36N6O3/c1-5-18-12-22(24(28-17(18)2)23-16-26-6-7-27-23)29-25(32)31-10-8-30(9-11-31)19-13-20(33-3)15-21(14-19)34-4/h12-15,23,26-27H,5-11,16H2,1-4H3,(H,29,32). The third-order valence-corrected chi connectivity index (χ3v) is 6.61. The first kappa shape index (κ1) is 24.1. The highest BCUT2D eigenvalue weighted by Crippen LogP contribution is 2.29. The van der Waals surface area contributed by atoms with Gasteiger partial charge in [0, 0.05) is 75.4 Å². The smallest absolute Gasteiger partial charge is 0.322 e. The summed E-state index contributed by atoms with van der Waals surface area (Å²) in [6.07, 6.45) is 0.876. The second kappa shape index (κ2) is 10.9. The largest absolute Gasteiger partial charge is 0.497 e. The summed E-state index contributed by atoms with van der Waals surface area (Å²) in [5.74, 6) is 1.51. The molecule has 0 saturated carbocycles. The topological polar surface area (TPSA) is 91.0 Å². The van der Waals surface area contributed by atoms with Crippen LogP contribution in [-0.4, -0.2) is 75.9 Å². The fourth-order valence-corrected chi connectivity index (χ4v) is 4.57. The Balaban J connectivity index is 1.45. The summed E-state index contributed by atoms with van der Waals surface area (Å²) < 4.78 is 10.8. The van der Waals surface area contributed by atoms with E-state index in [9.17, 15) is 4.79 Å². The number of rotatable bonds is 6. The van der Waals surface area contributed by atoms with Crippen molar-refractivity contribution < 1.29 is 14.3 Å². The maximum absolute atomic E-state index is 13.2. The van der Waals surface area contributed by atoms with Crippen molar-refractivity contribution in [3.63, 3.8) is 0 Å². The third kappa shape index (κ3) is 5.37. The van der Waals surface area contributed by atoms with Crippen LogP contribution in [0.5, 0.6) is 11.5 Å². The number of amides is 2. The molecule has 0 aliphatic carbocycles. The molecule has 2 aromatic rings. The van der Waals surface area contributed by atoms with E-state index in [0.717, 1.165) is 79.0 Å². The van der Waals surface area contributed by atoms with E-state index in [4.69, 9.17) is 14.5 Å². The molecule has 1 aromatic heterocycles. The Bertz CT molecular complexity index is 978. The Morgan fingerprint density at radius 1 is 1.09 bits per heavy atom. The molecule has 2 aliphatic rings. The Morgan fingerprint density at radius 2 is 1.79 bits per heavy atom. The van der Waals surface area contributed by atoms with Gasteiger partial charge in [0.25, 0.3) is 0 Å². The second-order valence-corrected chi connectivity index (χ2v) is 8.71. The molecule has 1 atom stereocenters. The number of hydrogen-bond acceptors (Lipinski definition) is 7. The number of piperazine rings is 2. The molecule has 34 heavy (non-hydrogen) atoms. The molecule has 0 spiro atoms. The summed E-state index contributed by atoms with van der Waals surface area (Å²) >= 11 is 0. The molecule has 0 bridgehead atoms. The number of urea groups is 1. The summed E-state index contributed by atoms with van der Waals surface area (Å²) in [5, 5.41) is 10.1. The van der Waals surface area contributed by atoms with Crippen LogP contribution in [0.1, 0.15) is 29.9 Å². The van der Waals surface area contributed by atoms with Crippen LogP contribution < -0.4 is 30.3 Å².